The van der Waals surface area contributed by atoms with E-state index in [0.717, 1.165) is 25.2 Å². The number of hydrogen-bond acceptors (Lipinski definition) is 5. The van der Waals surface area contributed by atoms with Gasteiger partial charge < -0.3 is 5.32 Å². The van der Waals surface area contributed by atoms with E-state index in [2.05, 4.69) is 5.32 Å². The molecular formula is C12H18N2O4S. The van der Waals surface area contributed by atoms with Crippen LogP contribution in [-0.4, -0.2) is 25.6 Å². The van der Waals surface area contributed by atoms with Crippen molar-refractivity contribution in [1.29, 1.82) is 0 Å². The maximum Gasteiger partial charge on any atom is 0.293 e. The Hall–Kier alpha value is -1.63. The monoisotopic (exact) mass is 286 g/mol. The van der Waals surface area contributed by atoms with Gasteiger partial charge in [-0.2, -0.15) is 0 Å². The van der Waals surface area contributed by atoms with E-state index in [1.54, 1.807) is 0 Å². The van der Waals surface area contributed by atoms with Gasteiger partial charge in [-0.15, -0.1) is 0 Å². The first-order valence-corrected chi connectivity index (χ1v) is 7.93. The number of nitrogens with zero attached hydrogens (tertiary/aromatic N) is 1. The van der Waals surface area contributed by atoms with Gasteiger partial charge in [-0.05, 0) is 25.0 Å². The van der Waals surface area contributed by atoms with Gasteiger partial charge in [0.2, 0.25) is 0 Å². The molecule has 0 saturated carbocycles. The molecule has 0 amide bonds. The molecule has 0 aliphatic heterocycles. The molecule has 0 aromatic heterocycles. The molecule has 0 bridgehead atoms. The summed E-state index contributed by atoms with van der Waals surface area (Å²) in [6.45, 7) is 3.97. The molecule has 0 fully saturated rings. The largest absolute Gasteiger partial charge is 0.377 e. The zero-order valence-electron chi connectivity index (χ0n) is 11.2. The molecule has 7 heteroatoms. The summed E-state index contributed by atoms with van der Waals surface area (Å²) >= 11 is 0. The van der Waals surface area contributed by atoms with Crippen LogP contribution in [0.1, 0.15) is 26.7 Å². The molecule has 0 heterocycles. The Bertz CT molecular complexity index is 565. The fraction of sp³-hybridized carbons (Fsp3) is 0.500. The highest BCUT2D eigenvalue weighted by Crippen LogP contribution is 2.28. The molecule has 1 N–H and O–H groups in total. The van der Waals surface area contributed by atoms with Gasteiger partial charge in [0.25, 0.3) is 5.69 Å². The topological polar surface area (TPSA) is 89.3 Å². The van der Waals surface area contributed by atoms with Gasteiger partial charge in [-0.1, -0.05) is 13.8 Å². The van der Waals surface area contributed by atoms with Crippen molar-refractivity contribution < 1.29 is 13.3 Å². The molecule has 0 atom stereocenters. The second-order valence-corrected chi connectivity index (χ2v) is 6.38. The van der Waals surface area contributed by atoms with Gasteiger partial charge in [0.05, 0.1) is 9.82 Å². The number of nitro groups is 1. The third-order valence-electron chi connectivity index (χ3n) is 2.94. The third-order valence-corrected chi connectivity index (χ3v) is 4.05. The van der Waals surface area contributed by atoms with Gasteiger partial charge in [0, 0.05) is 18.4 Å². The number of benzene rings is 1. The van der Waals surface area contributed by atoms with Crippen molar-refractivity contribution in [2.24, 2.45) is 0 Å². The Balaban J connectivity index is 3.23. The Labute approximate surface area is 112 Å². The first-order chi connectivity index (χ1) is 8.79. The highest BCUT2D eigenvalue weighted by atomic mass is 32.2. The van der Waals surface area contributed by atoms with Crippen LogP contribution in [0.15, 0.2) is 23.1 Å². The van der Waals surface area contributed by atoms with E-state index in [4.69, 9.17) is 0 Å². The third kappa shape index (κ3) is 3.92. The van der Waals surface area contributed by atoms with Crippen LogP contribution >= 0.6 is 0 Å². The van der Waals surface area contributed by atoms with Crippen LogP contribution in [0.5, 0.6) is 0 Å². The van der Waals surface area contributed by atoms with Crippen molar-refractivity contribution in [3.05, 3.63) is 28.3 Å². The first kappa shape index (κ1) is 15.4. The standard InChI is InChI=1S/C12H18N2O4S/c1-4-9(5-2)13-11-7-6-10(19(3,17)18)8-12(11)14(15)16/h6-9,13H,4-5H2,1-3H3. The molecule has 1 aromatic rings. The summed E-state index contributed by atoms with van der Waals surface area (Å²) in [6.07, 6.45) is 2.70. The van der Waals surface area contributed by atoms with Gasteiger partial charge in [0.1, 0.15) is 5.69 Å². The first-order valence-electron chi connectivity index (χ1n) is 6.04. The fourth-order valence-corrected chi connectivity index (χ4v) is 2.37. The summed E-state index contributed by atoms with van der Waals surface area (Å²) in [5.74, 6) is 0. The minimum Gasteiger partial charge on any atom is -0.377 e. The number of nitrogens with one attached hydrogen (secondary N) is 1. The zero-order valence-corrected chi connectivity index (χ0v) is 12.0. The Kier molecular flexibility index (Phi) is 4.88. The molecule has 19 heavy (non-hydrogen) atoms. The average molecular weight is 286 g/mol. The highest BCUT2D eigenvalue weighted by Gasteiger charge is 2.19. The summed E-state index contributed by atoms with van der Waals surface area (Å²) in [5, 5.41) is 14.1. The summed E-state index contributed by atoms with van der Waals surface area (Å²) < 4.78 is 22.8. The molecule has 6 nitrogen and oxygen atoms in total. The summed E-state index contributed by atoms with van der Waals surface area (Å²) in [6, 6.07) is 4.06. The number of hydrogen-bond donors (Lipinski definition) is 1. The van der Waals surface area contributed by atoms with Crippen LogP contribution in [0.4, 0.5) is 11.4 Å². The van der Waals surface area contributed by atoms with E-state index < -0.39 is 14.8 Å². The van der Waals surface area contributed by atoms with Crippen molar-refractivity contribution in [1.82, 2.24) is 0 Å². The van der Waals surface area contributed by atoms with E-state index in [9.17, 15) is 18.5 Å². The zero-order chi connectivity index (χ0) is 14.6. The van der Waals surface area contributed by atoms with E-state index in [0.29, 0.717) is 5.69 Å². The van der Waals surface area contributed by atoms with Gasteiger partial charge in [-0.3, -0.25) is 10.1 Å². The normalized spacial score (nSPS) is 11.6. The van der Waals surface area contributed by atoms with Crippen LogP contribution in [0.3, 0.4) is 0 Å². The predicted molar refractivity (Wildman–Crippen MR) is 74.2 cm³/mol. The molecule has 0 unspecified atom stereocenters. The molecule has 0 spiro atoms. The molecule has 106 valence electrons. The molecule has 0 aliphatic carbocycles. The van der Waals surface area contributed by atoms with Crippen molar-refractivity contribution in [2.75, 3.05) is 11.6 Å². The lowest BCUT2D eigenvalue weighted by atomic mass is 10.1. The maximum atomic E-state index is 11.4. The molecule has 0 saturated heterocycles. The molecule has 1 rings (SSSR count). The van der Waals surface area contributed by atoms with Gasteiger partial charge in [-0.25, -0.2) is 8.42 Å². The lowest BCUT2D eigenvalue weighted by Crippen LogP contribution is -2.18. The average Bonchev–Trinajstić information content (AvgIpc) is 2.34. The highest BCUT2D eigenvalue weighted by molar-refractivity contribution is 7.90. The number of nitro benzene ring substituents is 1. The lowest BCUT2D eigenvalue weighted by Gasteiger charge is -2.16. The second kappa shape index (κ2) is 6.01. The minimum absolute atomic E-state index is 0.0469. The molecule has 0 aliphatic rings. The Morgan fingerprint density at radius 2 is 1.89 bits per heavy atom. The summed E-state index contributed by atoms with van der Waals surface area (Å²) in [7, 11) is -3.45. The van der Waals surface area contributed by atoms with Crippen LogP contribution in [0.25, 0.3) is 0 Å². The predicted octanol–water partition coefficient (Wildman–Crippen LogP) is 2.60. The maximum absolute atomic E-state index is 11.4. The Morgan fingerprint density at radius 3 is 2.32 bits per heavy atom. The van der Waals surface area contributed by atoms with E-state index in [-0.39, 0.29) is 16.6 Å². The van der Waals surface area contributed by atoms with E-state index >= 15 is 0 Å². The number of sulfone groups is 1. The lowest BCUT2D eigenvalue weighted by molar-refractivity contribution is -0.384. The van der Waals surface area contributed by atoms with Crippen LogP contribution in [0.2, 0.25) is 0 Å². The van der Waals surface area contributed by atoms with Crippen LogP contribution < -0.4 is 5.32 Å². The molecule has 0 radical (unpaired) electrons. The van der Waals surface area contributed by atoms with Crippen LogP contribution in [0, 0.1) is 10.1 Å². The van der Waals surface area contributed by atoms with Crippen molar-refractivity contribution in [3.63, 3.8) is 0 Å². The van der Waals surface area contributed by atoms with Crippen molar-refractivity contribution in [2.45, 2.75) is 37.6 Å². The van der Waals surface area contributed by atoms with Crippen LogP contribution in [-0.2, 0) is 9.84 Å². The van der Waals surface area contributed by atoms with Gasteiger partial charge in [0.15, 0.2) is 9.84 Å². The SMILES string of the molecule is CCC(CC)Nc1ccc(S(C)(=O)=O)cc1[N+](=O)[O-]. The van der Waals surface area contributed by atoms with E-state index in [1.807, 2.05) is 13.8 Å². The Morgan fingerprint density at radius 1 is 1.32 bits per heavy atom. The molecular weight excluding hydrogens is 268 g/mol. The van der Waals surface area contributed by atoms with E-state index in [1.165, 1.54) is 12.1 Å². The number of rotatable bonds is 6. The molecule has 1 aromatic carbocycles. The van der Waals surface area contributed by atoms with Crippen molar-refractivity contribution in [3.8, 4) is 0 Å². The summed E-state index contributed by atoms with van der Waals surface area (Å²) in [4.78, 5) is 10.4. The smallest absolute Gasteiger partial charge is 0.293 e. The second-order valence-electron chi connectivity index (χ2n) is 4.37. The minimum atomic E-state index is -3.45. The number of anilines is 1. The van der Waals surface area contributed by atoms with Crippen molar-refractivity contribution >= 4 is 21.2 Å². The fourth-order valence-electron chi connectivity index (χ4n) is 1.73. The van der Waals surface area contributed by atoms with Gasteiger partial charge >= 0.3 is 0 Å². The quantitative estimate of drug-likeness (QED) is 0.641. The summed E-state index contributed by atoms with van der Waals surface area (Å²) in [5.41, 5.74) is 0.140.